The van der Waals surface area contributed by atoms with Crippen molar-refractivity contribution in [2.45, 2.75) is 13.3 Å². The van der Waals surface area contributed by atoms with E-state index in [1.807, 2.05) is 60.1 Å². The maximum atomic E-state index is 12.5. The van der Waals surface area contributed by atoms with Crippen molar-refractivity contribution >= 4 is 45.0 Å². The van der Waals surface area contributed by atoms with Gasteiger partial charge in [-0.2, -0.15) is 0 Å². The van der Waals surface area contributed by atoms with Gasteiger partial charge in [0.2, 0.25) is 5.91 Å². The molecule has 0 aliphatic heterocycles. The van der Waals surface area contributed by atoms with Crippen LogP contribution in [0.3, 0.4) is 0 Å². The van der Waals surface area contributed by atoms with Gasteiger partial charge in [0.15, 0.2) is 5.13 Å². The van der Waals surface area contributed by atoms with Crippen LogP contribution in [-0.4, -0.2) is 15.9 Å². The average molecular weight is 398 g/mol. The molecule has 26 heavy (non-hydrogen) atoms. The van der Waals surface area contributed by atoms with E-state index in [0.717, 1.165) is 31.7 Å². The molecule has 4 aromatic rings. The number of hydrogen-bond donors (Lipinski definition) is 1. The summed E-state index contributed by atoms with van der Waals surface area (Å²) >= 11 is 4.65. The van der Waals surface area contributed by atoms with Gasteiger partial charge in [0, 0.05) is 15.8 Å². The molecule has 1 aromatic carbocycles. The summed E-state index contributed by atoms with van der Waals surface area (Å²) in [4.78, 5) is 23.7. The van der Waals surface area contributed by atoms with E-state index in [1.165, 1.54) is 11.3 Å². The van der Waals surface area contributed by atoms with Crippen LogP contribution in [0.15, 0.2) is 53.2 Å². The van der Waals surface area contributed by atoms with E-state index >= 15 is 0 Å². The average Bonchev–Trinajstić information content (AvgIpc) is 3.37. The molecular weight excluding hydrogens is 382 g/mol. The van der Waals surface area contributed by atoms with Crippen molar-refractivity contribution in [3.05, 3.63) is 63.8 Å². The molecule has 3 heterocycles. The number of hydrogen-bond acceptors (Lipinski definition) is 6. The Morgan fingerprint density at radius 3 is 2.62 bits per heavy atom. The molecule has 0 bridgehead atoms. The van der Waals surface area contributed by atoms with Crippen LogP contribution in [0.1, 0.15) is 10.6 Å². The highest BCUT2D eigenvalue weighted by Crippen LogP contribution is 2.36. The van der Waals surface area contributed by atoms with E-state index in [2.05, 4.69) is 10.3 Å². The second-order valence-corrected chi connectivity index (χ2v) is 8.54. The summed E-state index contributed by atoms with van der Waals surface area (Å²) in [6.07, 6.45) is 0.288. The molecule has 0 unspecified atom stereocenters. The molecule has 0 saturated heterocycles. The standard InChI is InChI=1S/C19H15N3OS3/c1-12-11-25-19(20-12)21-16(23)10-15-17(14-8-5-9-24-14)22-18(26-15)13-6-3-2-4-7-13/h2-9,11H,10H2,1H3,(H,20,21,23). The predicted octanol–water partition coefficient (Wildman–Crippen LogP) is 5.48. The van der Waals surface area contributed by atoms with E-state index in [1.54, 1.807) is 22.7 Å². The number of benzene rings is 1. The number of carbonyl (C=O) groups excluding carboxylic acids is 1. The zero-order valence-corrected chi connectivity index (χ0v) is 16.4. The summed E-state index contributed by atoms with van der Waals surface area (Å²) in [5.41, 5.74) is 2.88. The van der Waals surface area contributed by atoms with E-state index in [4.69, 9.17) is 4.98 Å². The molecule has 0 radical (unpaired) electrons. The highest BCUT2D eigenvalue weighted by Gasteiger charge is 2.18. The van der Waals surface area contributed by atoms with Crippen molar-refractivity contribution in [1.82, 2.24) is 9.97 Å². The number of aryl methyl sites for hydroxylation is 1. The molecule has 0 fully saturated rings. The first-order valence-corrected chi connectivity index (χ1v) is 10.6. The van der Waals surface area contributed by atoms with Gasteiger partial charge in [-0.25, -0.2) is 9.97 Å². The van der Waals surface area contributed by atoms with Gasteiger partial charge in [-0.3, -0.25) is 4.79 Å². The lowest BCUT2D eigenvalue weighted by Crippen LogP contribution is -2.14. The summed E-state index contributed by atoms with van der Waals surface area (Å²) in [5, 5.41) is 8.40. The Morgan fingerprint density at radius 1 is 1.08 bits per heavy atom. The zero-order chi connectivity index (χ0) is 17.9. The summed E-state index contributed by atoms with van der Waals surface area (Å²) in [6.45, 7) is 1.91. The van der Waals surface area contributed by atoms with Crippen LogP contribution in [0, 0.1) is 6.92 Å². The quantitative estimate of drug-likeness (QED) is 0.485. The van der Waals surface area contributed by atoms with Crippen molar-refractivity contribution in [2.75, 3.05) is 5.32 Å². The third kappa shape index (κ3) is 3.75. The van der Waals surface area contributed by atoms with Crippen LogP contribution in [0.25, 0.3) is 21.1 Å². The fraction of sp³-hybridized carbons (Fsp3) is 0.105. The highest BCUT2D eigenvalue weighted by atomic mass is 32.1. The third-order valence-electron chi connectivity index (χ3n) is 3.66. The van der Waals surface area contributed by atoms with E-state index in [-0.39, 0.29) is 12.3 Å². The van der Waals surface area contributed by atoms with Crippen molar-refractivity contribution in [2.24, 2.45) is 0 Å². The van der Waals surface area contributed by atoms with Crippen LogP contribution in [0.4, 0.5) is 5.13 Å². The monoisotopic (exact) mass is 397 g/mol. The third-order valence-corrected chi connectivity index (χ3v) is 6.52. The normalized spacial score (nSPS) is 10.8. The lowest BCUT2D eigenvalue weighted by molar-refractivity contribution is -0.115. The summed E-state index contributed by atoms with van der Waals surface area (Å²) in [6, 6.07) is 14.1. The minimum absolute atomic E-state index is 0.0691. The van der Waals surface area contributed by atoms with Crippen LogP contribution < -0.4 is 5.32 Å². The lowest BCUT2D eigenvalue weighted by atomic mass is 10.2. The van der Waals surface area contributed by atoms with Crippen molar-refractivity contribution in [3.63, 3.8) is 0 Å². The maximum absolute atomic E-state index is 12.5. The molecule has 0 saturated carbocycles. The molecule has 4 nitrogen and oxygen atoms in total. The van der Waals surface area contributed by atoms with Crippen molar-refractivity contribution in [1.29, 1.82) is 0 Å². The van der Waals surface area contributed by atoms with Crippen molar-refractivity contribution < 1.29 is 4.79 Å². The predicted molar refractivity (Wildman–Crippen MR) is 110 cm³/mol. The van der Waals surface area contributed by atoms with Gasteiger partial charge in [-0.1, -0.05) is 36.4 Å². The Bertz CT molecular complexity index is 1020. The number of aromatic nitrogens is 2. The minimum Gasteiger partial charge on any atom is -0.302 e. The van der Waals surface area contributed by atoms with Crippen LogP contribution in [0.5, 0.6) is 0 Å². The number of nitrogens with one attached hydrogen (secondary N) is 1. The molecule has 7 heteroatoms. The number of anilines is 1. The number of rotatable bonds is 5. The molecule has 0 atom stereocenters. The first kappa shape index (κ1) is 17.1. The van der Waals surface area contributed by atoms with Gasteiger partial charge in [0.05, 0.1) is 22.7 Å². The smallest absolute Gasteiger partial charge is 0.231 e. The molecule has 0 aliphatic carbocycles. The zero-order valence-electron chi connectivity index (χ0n) is 13.9. The molecule has 4 rings (SSSR count). The summed E-state index contributed by atoms with van der Waals surface area (Å²) in [7, 11) is 0. The first-order chi connectivity index (χ1) is 12.7. The first-order valence-electron chi connectivity index (χ1n) is 8.00. The molecular formula is C19H15N3OS3. The minimum atomic E-state index is -0.0691. The topological polar surface area (TPSA) is 54.9 Å². The highest BCUT2D eigenvalue weighted by molar-refractivity contribution is 7.17. The molecule has 130 valence electrons. The Labute approximate surface area is 163 Å². The van der Waals surface area contributed by atoms with Gasteiger partial charge >= 0.3 is 0 Å². The van der Waals surface area contributed by atoms with Gasteiger partial charge in [0.25, 0.3) is 0 Å². The van der Waals surface area contributed by atoms with E-state index in [0.29, 0.717) is 5.13 Å². The summed E-state index contributed by atoms with van der Waals surface area (Å²) in [5.74, 6) is -0.0691. The number of nitrogens with zero attached hydrogens (tertiary/aromatic N) is 2. The number of carbonyl (C=O) groups is 1. The maximum Gasteiger partial charge on any atom is 0.231 e. The second kappa shape index (κ2) is 7.49. The molecule has 1 N–H and O–H groups in total. The van der Waals surface area contributed by atoms with Gasteiger partial charge in [-0.05, 0) is 18.4 Å². The fourth-order valence-corrected chi connectivity index (χ4v) is 5.09. The van der Waals surface area contributed by atoms with Crippen molar-refractivity contribution in [3.8, 4) is 21.1 Å². The van der Waals surface area contributed by atoms with Crippen LogP contribution in [-0.2, 0) is 11.2 Å². The Balaban J connectivity index is 1.63. The van der Waals surface area contributed by atoms with E-state index < -0.39 is 0 Å². The summed E-state index contributed by atoms with van der Waals surface area (Å²) < 4.78 is 0. The number of amides is 1. The van der Waals surface area contributed by atoms with Crippen LogP contribution in [0.2, 0.25) is 0 Å². The fourth-order valence-electron chi connectivity index (χ4n) is 2.50. The number of thiazole rings is 2. The Hall–Kier alpha value is -2.35. The Morgan fingerprint density at radius 2 is 1.92 bits per heavy atom. The largest absolute Gasteiger partial charge is 0.302 e. The van der Waals surface area contributed by atoms with E-state index in [9.17, 15) is 4.79 Å². The second-order valence-electron chi connectivity index (χ2n) is 5.65. The molecule has 3 aromatic heterocycles. The number of thiophene rings is 1. The molecule has 0 spiro atoms. The molecule has 1 amide bonds. The Kier molecular flexibility index (Phi) is 4.92. The lowest BCUT2D eigenvalue weighted by Gasteiger charge is -2.01. The van der Waals surface area contributed by atoms with Gasteiger partial charge < -0.3 is 5.32 Å². The SMILES string of the molecule is Cc1csc(NC(=O)Cc2sc(-c3ccccc3)nc2-c2cccs2)n1. The van der Waals surface area contributed by atoms with Gasteiger partial charge in [-0.15, -0.1) is 34.0 Å². The van der Waals surface area contributed by atoms with Crippen LogP contribution >= 0.6 is 34.0 Å². The van der Waals surface area contributed by atoms with Gasteiger partial charge in [0.1, 0.15) is 5.01 Å². The molecule has 0 aliphatic rings.